The van der Waals surface area contributed by atoms with Crippen molar-refractivity contribution in [3.05, 3.63) is 41.4 Å². The van der Waals surface area contributed by atoms with Gasteiger partial charge in [-0.2, -0.15) is 0 Å². The topological polar surface area (TPSA) is 83.1 Å². The van der Waals surface area contributed by atoms with Crippen molar-refractivity contribution in [1.82, 2.24) is 20.9 Å². The van der Waals surface area contributed by atoms with Gasteiger partial charge in [0.1, 0.15) is 5.50 Å². The predicted molar refractivity (Wildman–Crippen MR) is 115 cm³/mol. The smallest absolute Gasteiger partial charge is 0.229 e. The normalized spacial score (nSPS) is 30.9. The summed E-state index contributed by atoms with van der Waals surface area (Å²) in [6.45, 7) is 6.43. The van der Waals surface area contributed by atoms with Crippen molar-refractivity contribution in [1.29, 1.82) is 0 Å². The lowest BCUT2D eigenvalue weighted by atomic mass is 9.66. The lowest BCUT2D eigenvalue weighted by Crippen LogP contribution is -2.68. The summed E-state index contributed by atoms with van der Waals surface area (Å²) in [5.41, 5.74) is 2.56. The second-order valence-corrected chi connectivity index (χ2v) is 10.2. The fourth-order valence-electron chi connectivity index (χ4n) is 4.73. The van der Waals surface area contributed by atoms with Crippen LogP contribution >= 0.6 is 11.8 Å². The molecule has 3 heterocycles. The summed E-state index contributed by atoms with van der Waals surface area (Å²) in [7, 11) is 0. The van der Waals surface area contributed by atoms with Gasteiger partial charge in [-0.15, -0.1) is 11.8 Å². The van der Waals surface area contributed by atoms with E-state index in [4.69, 9.17) is 0 Å². The fraction of sp³-hybridized carbons (Fsp3) is 0.591. The molecule has 1 aliphatic carbocycles. The molecule has 7 heteroatoms. The van der Waals surface area contributed by atoms with Gasteiger partial charge >= 0.3 is 0 Å². The van der Waals surface area contributed by atoms with E-state index < -0.39 is 0 Å². The Morgan fingerprint density at radius 3 is 2.66 bits per heavy atom. The number of carbonyl (C=O) groups is 2. The first-order chi connectivity index (χ1) is 13.9. The average molecular weight is 415 g/mol. The molecular formula is C22H30N4O2S. The Bertz CT molecular complexity index is 823. The van der Waals surface area contributed by atoms with E-state index >= 15 is 0 Å². The van der Waals surface area contributed by atoms with E-state index in [0.29, 0.717) is 6.42 Å². The Morgan fingerprint density at radius 1 is 1.17 bits per heavy atom. The van der Waals surface area contributed by atoms with E-state index in [9.17, 15) is 9.59 Å². The Balaban J connectivity index is 1.70. The molecule has 0 aromatic carbocycles. The van der Waals surface area contributed by atoms with Gasteiger partial charge in [-0.3, -0.25) is 19.9 Å². The minimum Gasteiger partial charge on any atom is -0.372 e. The number of hydrogen-bond donors (Lipinski definition) is 3. The van der Waals surface area contributed by atoms with Gasteiger partial charge in [0, 0.05) is 36.0 Å². The van der Waals surface area contributed by atoms with E-state index in [-0.39, 0.29) is 40.6 Å². The van der Waals surface area contributed by atoms with Crippen LogP contribution in [0.5, 0.6) is 0 Å². The summed E-state index contributed by atoms with van der Waals surface area (Å²) in [5, 5.41) is 10.3. The molecule has 1 aromatic rings. The molecule has 0 radical (unpaired) electrons. The number of unbranched alkanes of at least 4 members (excludes halogenated alkanes) is 1. The number of ketones is 1. The van der Waals surface area contributed by atoms with Crippen LogP contribution in [-0.2, 0) is 9.59 Å². The molecule has 0 saturated carbocycles. The number of carbonyl (C=O) groups excluding carboxylic acids is 2. The molecule has 1 saturated heterocycles. The van der Waals surface area contributed by atoms with Crippen LogP contribution in [0.25, 0.3) is 0 Å². The number of fused-ring (bicyclic) bond motifs is 1. The quantitative estimate of drug-likeness (QED) is 0.643. The summed E-state index contributed by atoms with van der Waals surface area (Å²) >= 11 is 1.73. The van der Waals surface area contributed by atoms with E-state index in [1.54, 1.807) is 24.2 Å². The van der Waals surface area contributed by atoms with Gasteiger partial charge in [0.05, 0.1) is 12.1 Å². The molecule has 156 valence electrons. The van der Waals surface area contributed by atoms with Gasteiger partial charge < -0.3 is 10.6 Å². The standard InChI is InChI=1S/C22H30N4O2S/c1-4-5-10-29-21-25-19-18(20(28)26-21)16(13-6-8-23-9-7-13)17-14(24-19)11-22(2,3)12-15(17)27/h6-9,16,18-19,21,24-25H,4-5,10-12H2,1-3H3,(H,26,28). The van der Waals surface area contributed by atoms with Crippen molar-refractivity contribution < 1.29 is 9.59 Å². The number of thioether (sulfide) groups is 1. The number of rotatable bonds is 5. The maximum Gasteiger partial charge on any atom is 0.229 e. The Kier molecular flexibility index (Phi) is 5.71. The number of hydrogen-bond acceptors (Lipinski definition) is 6. The van der Waals surface area contributed by atoms with Gasteiger partial charge in [0.25, 0.3) is 0 Å². The fourth-order valence-corrected chi connectivity index (χ4v) is 5.87. The minimum absolute atomic E-state index is 0.00115. The Labute approximate surface area is 176 Å². The number of nitrogens with one attached hydrogen (secondary N) is 3. The minimum atomic E-state index is -0.371. The van der Waals surface area contributed by atoms with Crippen LogP contribution in [0.2, 0.25) is 0 Å². The highest BCUT2D eigenvalue weighted by Gasteiger charge is 2.50. The van der Waals surface area contributed by atoms with Crippen LogP contribution in [-0.4, -0.2) is 34.1 Å². The number of Topliss-reactive ketones (excluding diaryl/α,β-unsaturated/α-hetero) is 1. The summed E-state index contributed by atoms with van der Waals surface area (Å²) in [5.74, 6) is 0.526. The molecule has 3 N–H and O–H groups in total. The van der Waals surface area contributed by atoms with Crippen LogP contribution in [0.4, 0.5) is 0 Å². The zero-order valence-electron chi connectivity index (χ0n) is 17.3. The molecule has 4 unspecified atom stereocenters. The molecule has 3 aliphatic rings. The number of pyridine rings is 1. The highest BCUT2D eigenvalue weighted by Crippen LogP contribution is 2.47. The zero-order valence-corrected chi connectivity index (χ0v) is 18.1. The number of allylic oxidation sites excluding steroid dienone is 2. The number of aromatic nitrogens is 1. The molecule has 4 rings (SSSR count). The largest absolute Gasteiger partial charge is 0.372 e. The number of nitrogens with zero attached hydrogens (tertiary/aromatic N) is 1. The van der Waals surface area contributed by atoms with E-state index in [2.05, 4.69) is 41.7 Å². The molecule has 0 bridgehead atoms. The van der Waals surface area contributed by atoms with Crippen LogP contribution in [0.1, 0.15) is 57.9 Å². The van der Waals surface area contributed by atoms with Crippen molar-refractivity contribution >= 4 is 23.5 Å². The lowest BCUT2D eigenvalue weighted by Gasteiger charge is -2.48. The van der Waals surface area contributed by atoms with Crippen molar-refractivity contribution in [2.75, 3.05) is 5.75 Å². The van der Waals surface area contributed by atoms with Crippen molar-refractivity contribution in [3.8, 4) is 0 Å². The third-order valence-corrected chi connectivity index (χ3v) is 7.15. The Morgan fingerprint density at radius 2 is 1.93 bits per heavy atom. The molecule has 2 aliphatic heterocycles. The predicted octanol–water partition coefficient (Wildman–Crippen LogP) is 2.89. The van der Waals surface area contributed by atoms with E-state index in [1.165, 1.54) is 0 Å². The van der Waals surface area contributed by atoms with Crippen molar-refractivity contribution in [3.63, 3.8) is 0 Å². The van der Waals surface area contributed by atoms with E-state index in [0.717, 1.165) is 41.8 Å². The van der Waals surface area contributed by atoms with Gasteiger partial charge in [0.2, 0.25) is 5.91 Å². The average Bonchev–Trinajstić information content (AvgIpc) is 2.66. The summed E-state index contributed by atoms with van der Waals surface area (Å²) in [6, 6.07) is 3.86. The van der Waals surface area contributed by atoms with Crippen LogP contribution < -0.4 is 16.0 Å². The van der Waals surface area contributed by atoms with Crippen LogP contribution in [0.15, 0.2) is 35.8 Å². The first kappa shape index (κ1) is 20.4. The van der Waals surface area contributed by atoms with E-state index in [1.807, 2.05) is 12.1 Å². The summed E-state index contributed by atoms with van der Waals surface area (Å²) in [6.07, 6.45) is 6.87. The molecule has 4 atom stereocenters. The molecule has 29 heavy (non-hydrogen) atoms. The van der Waals surface area contributed by atoms with Gasteiger partial charge in [-0.1, -0.05) is 27.2 Å². The molecule has 6 nitrogen and oxygen atoms in total. The second kappa shape index (κ2) is 8.11. The molecular weight excluding hydrogens is 384 g/mol. The third kappa shape index (κ3) is 4.08. The van der Waals surface area contributed by atoms with Gasteiger partial charge in [0.15, 0.2) is 5.78 Å². The maximum atomic E-state index is 13.2. The van der Waals surface area contributed by atoms with Gasteiger partial charge in [-0.05, 0) is 41.7 Å². The van der Waals surface area contributed by atoms with Crippen LogP contribution in [0, 0.1) is 11.3 Å². The second-order valence-electron chi connectivity index (χ2n) is 9.02. The maximum absolute atomic E-state index is 13.2. The SMILES string of the molecule is CCCCSC1NC(=O)C2C(NC3=C(C(=O)CC(C)(C)C3)C2c2ccncc2)N1. The van der Waals surface area contributed by atoms with Crippen molar-refractivity contribution in [2.24, 2.45) is 11.3 Å². The summed E-state index contributed by atoms with van der Waals surface area (Å²) < 4.78 is 0. The summed E-state index contributed by atoms with van der Waals surface area (Å²) in [4.78, 5) is 30.5. The monoisotopic (exact) mass is 414 g/mol. The Hall–Kier alpha value is -1.86. The molecule has 1 fully saturated rings. The zero-order chi connectivity index (χ0) is 20.6. The molecule has 1 amide bonds. The van der Waals surface area contributed by atoms with Crippen molar-refractivity contribution in [2.45, 2.75) is 64.0 Å². The first-order valence-corrected chi connectivity index (χ1v) is 11.6. The molecule has 0 spiro atoms. The highest BCUT2D eigenvalue weighted by atomic mass is 32.2. The highest BCUT2D eigenvalue weighted by molar-refractivity contribution is 7.99. The third-order valence-electron chi connectivity index (χ3n) is 6.03. The lowest BCUT2D eigenvalue weighted by molar-refractivity contribution is -0.130. The van der Waals surface area contributed by atoms with Gasteiger partial charge in [-0.25, -0.2) is 0 Å². The number of amides is 1. The first-order valence-electron chi connectivity index (χ1n) is 10.5. The molecule has 1 aromatic heterocycles. The van der Waals surface area contributed by atoms with Crippen LogP contribution in [0.3, 0.4) is 0 Å².